The lowest BCUT2D eigenvalue weighted by atomic mass is 10.2. The lowest BCUT2D eigenvalue weighted by Crippen LogP contribution is -2.23. The molecular weight excluding hydrogens is 388 g/mol. The SMILES string of the molecule is O=C(Cn1cncn1)N/N=C\c1ccccc1OC(=O)/C=C1\SC(=O)NC1=O. The van der Waals surface area contributed by atoms with Crippen LogP contribution in [0.2, 0.25) is 0 Å². The van der Waals surface area contributed by atoms with Crippen LogP contribution in [0.4, 0.5) is 4.79 Å². The van der Waals surface area contributed by atoms with Crippen LogP contribution in [0.1, 0.15) is 5.56 Å². The Balaban J connectivity index is 1.62. The van der Waals surface area contributed by atoms with E-state index in [4.69, 9.17) is 4.74 Å². The van der Waals surface area contributed by atoms with Crippen molar-refractivity contribution in [2.45, 2.75) is 6.54 Å². The van der Waals surface area contributed by atoms with Gasteiger partial charge >= 0.3 is 5.97 Å². The van der Waals surface area contributed by atoms with E-state index in [2.05, 4.69) is 20.6 Å². The van der Waals surface area contributed by atoms with Crippen LogP contribution in [0.25, 0.3) is 0 Å². The second kappa shape index (κ2) is 8.73. The number of para-hydroxylation sites is 1. The van der Waals surface area contributed by atoms with Crippen LogP contribution in [0, 0.1) is 0 Å². The molecule has 3 rings (SSSR count). The molecule has 1 fully saturated rings. The number of hydrazone groups is 1. The van der Waals surface area contributed by atoms with E-state index < -0.39 is 23.0 Å². The van der Waals surface area contributed by atoms with E-state index in [-0.39, 0.29) is 17.2 Å². The summed E-state index contributed by atoms with van der Waals surface area (Å²) in [6, 6.07) is 6.45. The molecule has 2 N–H and O–H groups in total. The first-order valence-electron chi connectivity index (χ1n) is 7.71. The fourth-order valence-corrected chi connectivity index (χ4v) is 2.66. The van der Waals surface area contributed by atoms with Gasteiger partial charge in [0.25, 0.3) is 17.1 Å². The molecule has 0 atom stereocenters. The maximum atomic E-state index is 12.0. The maximum Gasteiger partial charge on any atom is 0.337 e. The Bertz CT molecular complexity index is 985. The number of carbonyl (C=O) groups excluding carboxylic acids is 4. The molecule has 1 aliphatic heterocycles. The van der Waals surface area contributed by atoms with Crippen molar-refractivity contribution in [3.63, 3.8) is 0 Å². The highest BCUT2D eigenvalue weighted by molar-refractivity contribution is 8.18. The number of hydrogen-bond donors (Lipinski definition) is 2. The molecule has 2 heterocycles. The average Bonchev–Trinajstić information content (AvgIpc) is 3.26. The molecule has 1 aromatic carbocycles. The lowest BCUT2D eigenvalue weighted by molar-refractivity contribution is -0.129. The summed E-state index contributed by atoms with van der Waals surface area (Å²) < 4.78 is 6.52. The van der Waals surface area contributed by atoms with E-state index in [1.165, 1.54) is 29.6 Å². The van der Waals surface area contributed by atoms with Gasteiger partial charge in [-0.3, -0.25) is 19.7 Å². The number of benzene rings is 1. The summed E-state index contributed by atoms with van der Waals surface area (Å²) in [7, 11) is 0. The fraction of sp³-hybridized carbons (Fsp3) is 0.0625. The molecule has 1 saturated heterocycles. The zero-order valence-corrected chi connectivity index (χ0v) is 14.9. The largest absolute Gasteiger partial charge is 0.423 e. The number of nitrogens with zero attached hydrogens (tertiary/aromatic N) is 4. The van der Waals surface area contributed by atoms with E-state index in [1.54, 1.807) is 18.2 Å². The molecule has 142 valence electrons. The van der Waals surface area contributed by atoms with Gasteiger partial charge in [0.05, 0.1) is 11.1 Å². The van der Waals surface area contributed by atoms with Gasteiger partial charge in [-0.15, -0.1) is 0 Å². The van der Waals surface area contributed by atoms with Crippen molar-refractivity contribution in [1.82, 2.24) is 25.5 Å². The fourth-order valence-electron chi connectivity index (χ4n) is 2.02. The summed E-state index contributed by atoms with van der Waals surface area (Å²) in [5, 5.41) is 9.09. The van der Waals surface area contributed by atoms with E-state index in [1.807, 2.05) is 5.32 Å². The number of esters is 1. The Morgan fingerprint density at radius 1 is 1.32 bits per heavy atom. The second-order valence-corrected chi connectivity index (χ2v) is 6.21. The number of hydrogen-bond acceptors (Lipinski definition) is 9. The molecule has 0 saturated carbocycles. The summed E-state index contributed by atoms with van der Waals surface area (Å²) in [6.45, 7) is -0.0556. The zero-order valence-electron chi connectivity index (χ0n) is 14.1. The van der Waals surface area contributed by atoms with Gasteiger partial charge in [0.2, 0.25) is 0 Å². The van der Waals surface area contributed by atoms with Crippen molar-refractivity contribution >= 4 is 41.0 Å². The minimum Gasteiger partial charge on any atom is -0.423 e. The molecule has 0 unspecified atom stereocenters. The zero-order chi connectivity index (χ0) is 19.9. The standard InChI is InChI=1S/C16H12N6O5S/c23-13(7-22-9-17-8-19-22)21-18-6-10-3-1-2-4-11(10)27-14(24)5-12-15(25)20-16(26)28-12/h1-6,8-9H,7H2,(H,21,23)(H,20,25,26)/b12-5-,18-6-. The number of imide groups is 1. The van der Waals surface area contributed by atoms with Crippen molar-refractivity contribution in [3.05, 3.63) is 53.5 Å². The summed E-state index contributed by atoms with van der Waals surface area (Å²) in [5.74, 6) is -1.75. The number of aromatic nitrogens is 3. The first kappa shape index (κ1) is 19.0. The van der Waals surface area contributed by atoms with E-state index >= 15 is 0 Å². The van der Waals surface area contributed by atoms with Gasteiger partial charge in [0, 0.05) is 11.6 Å². The first-order valence-corrected chi connectivity index (χ1v) is 8.53. The third kappa shape index (κ3) is 5.11. The van der Waals surface area contributed by atoms with Crippen LogP contribution in [0.3, 0.4) is 0 Å². The van der Waals surface area contributed by atoms with Crippen LogP contribution in [0.15, 0.2) is 53.0 Å². The van der Waals surface area contributed by atoms with Crippen LogP contribution in [0.5, 0.6) is 5.75 Å². The molecule has 12 heteroatoms. The van der Waals surface area contributed by atoms with Gasteiger partial charge in [-0.05, 0) is 23.9 Å². The second-order valence-electron chi connectivity index (χ2n) is 5.20. The smallest absolute Gasteiger partial charge is 0.337 e. The number of thioether (sulfide) groups is 1. The third-order valence-corrected chi connectivity index (χ3v) is 4.00. The number of amides is 3. The molecule has 0 aliphatic carbocycles. The van der Waals surface area contributed by atoms with Gasteiger partial charge in [-0.25, -0.2) is 19.9 Å². The molecule has 11 nitrogen and oxygen atoms in total. The van der Waals surface area contributed by atoms with Gasteiger partial charge in [0.15, 0.2) is 0 Å². The minimum absolute atomic E-state index is 0.0541. The Morgan fingerprint density at radius 2 is 2.14 bits per heavy atom. The van der Waals surface area contributed by atoms with Crippen LogP contribution in [-0.2, 0) is 20.9 Å². The van der Waals surface area contributed by atoms with Crippen molar-refractivity contribution in [3.8, 4) is 5.75 Å². The molecule has 0 bridgehead atoms. The van der Waals surface area contributed by atoms with E-state index in [0.717, 1.165) is 6.08 Å². The predicted octanol–water partition coefficient (Wildman–Crippen LogP) is 0.201. The molecule has 3 amide bonds. The highest BCUT2D eigenvalue weighted by Gasteiger charge is 2.26. The molecular formula is C16H12N6O5S. The average molecular weight is 400 g/mol. The van der Waals surface area contributed by atoms with Crippen LogP contribution < -0.4 is 15.5 Å². The Hall–Kier alpha value is -3.80. The lowest BCUT2D eigenvalue weighted by Gasteiger charge is -2.05. The van der Waals surface area contributed by atoms with Crippen molar-refractivity contribution in [2.75, 3.05) is 0 Å². The molecule has 0 radical (unpaired) electrons. The minimum atomic E-state index is -0.830. The van der Waals surface area contributed by atoms with E-state index in [0.29, 0.717) is 17.3 Å². The molecule has 28 heavy (non-hydrogen) atoms. The summed E-state index contributed by atoms with van der Waals surface area (Å²) in [5.41, 5.74) is 2.73. The Morgan fingerprint density at radius 3 is 2.86 bits per heavy atom. The maximum absolute atomic E-state index is 12.0. The predicted molar refractivity (Wildman–Crippen MR) is 97.0 cm³/mol. The normalized spacial score (nSPS) is 15.1. The summed E-state index contributed by atoms with van der Waals surface area (Å²) in [4.78, 5) is 50.0. The number of carbonyl (C=O) groups is 4. The first-order chi connectivity index (χ1) is 13.5. The van der Waals surface area contributed by atoms with Crippen molar-refractivity contribution in [2.24, 2.45) is 5.10 Å². The quantitative estimate of drug-likeness (QED) is 0.230. The number of rotatable bonds is 6. The molecule has 0 spiro atoms. The number of nitrogens with one attached hydrogen (secondary N) is 2. The topological polar surface area (TPSA) is 145 Å². The summed E-state index contributed by atoms with van der Waals surface area (Å²) in [6.07, 6.45) is 4.93. The number of ether oxygens (including phenoxy) is 1. The van der Waals surface area contributed by atoms with Crippen LogP contribution >= 0.6 is 11.8 Å². The summed E-state index contributed by atoms with van der Waals surface area (Å²) >= 11 is 0.610. The molecule has 2 aromatic rings. The Labute approximate surface area is 161 Å². The van der Waals surface area contributed by atoms with Crippen LogP contribution in [-0.4, -0.2) is 44.0 Å². The van der Waals surface area contributed by atoms with Gasteiger partial charge in [-0.1, -0.05) is 12.1 Å². The highest BCUT2D eigenvalue weighted by atomic mass is 32.2. The van der Waals surface area contributed by atoms with E-state index in [9.17, 15) is 19.2 Å². The van der Waals surface area contributed by atoms with Crippen molar-refractivity contribution in [1.29, 1.82) is 0 Å². The third-order valence-electron chi connectivity index (χ3n) is 3.19. The van der Waals surface area contributed by atoms with Gasteiger partial charge < -0.3 is 4.74 Å². The Kier molecular flexibility index (Phi) is 5.91. The van der Waals surface area contributed by atoms with Gasteiger partial charge in [-0.2, -0.15) is 10.2 Å². The molecule has 1 aromatic heterocycles. The van der Waals surface area contributed by atoms with Crippen molar-refractivity contribution < 1.29 is 23.9 Å². The van der Waals surface area contributed by atoms with Gasteiger partial charge in [0.1, 0.15) is 24.9 Å². The molecule has 1 aliphatic rings. The highest BCUT2D eigenvalue weighted by Crippen LogP contribution is 2.23. The monoisotopic (exact) mass is 400 g/mol.